The van der Waals surface area contributed by atoms with Crippen LogP contribution in [0.2, 0.25) is 0 Å². The molecule has 0 aliphatic heterocycles. The van der Waals surface area contributed by atoms with Crippen molar-refractivity contribution < 1.29 is 27.5 Å². The molecule has 10 heteroatoms. The minimum Gasteiger partial charge on any atom is -0.385 e. The molecule has 1 aromatic heterocycles. The Hall–Kier alpha value is -2.10. The lowest BCUT2D eigenvalue weighted by Crippen LogP contribution is -2.39. The average molecular weight is 336 g/mol. The highest BCUT2D eigenvalue weighted by atomic mass is 19.4. The lowest BCUT2D eigenvalue weighted by atomic mass is 10.2. The number of hydrogen-bond acceptors (Lipinski definition) is 4. The van der Waals surface area contributed by atoms with E-state index in [4.69, 9.17) is 4.74 Å². The van der Waals surface area contributed by atoms with Crippen molar-refractivity contribution in [3.63, 3.8) is 0 Å². The third-order valence-electron chi connectivity index (χ3n) is 2.90. The first kappa shape index (κ1) is 18.9. The van der Waals surface area contributed by atoms with Gasteiger partial charge >= 0.3 is 6.18 Å². The topological polar surface area (TPSA) is 76.5 Å². The maximum absolute atomic E-state index is 12.8. The molecule has 0 saturated carbocycles. The number of hydrogen-bond donors (Lipinski definition) is 1. The molecule has 1 heterocycles. The Kier molecular flexibility index (Phi) is 6.55. The van der Waals surface area contributed by atoms with E-state index in [0.717, 1.165) is 15.8 Å². The number of ether oxygens (including phenoxy) is 1. The van der Waals surface area contributed by atoms with E-state index < -0.39 is 29.2 Å². The largest absolute Gasteiger partial charge is 0.435 e. The van der Waals surface area contributed by atoms with Gasteiger partial charge in [0.15, 0.2) is 5.69 Å². The molecule has 0 radical (unpaired) electrons. The number of likely N-dealkylation sites (N-methyl/N-ethyl adjacent to an activating group) is 1. The van der Waals surface area contributed by atoms with Crippen LogP contribution < -0.4 is 5.32 Å². The summed E-state index contributed by atoms with van der Waals surface area (Å²) in [5.41, 5.74) is -1.85. The second-order valence-corrected chi connectivity index (χ2v) is 4.92. The van der Waals surface area contributed by atoms with Crippen molar-refractivity contribution in [2.24, 2.45) is 7.05 Å². The Morgan fingerprint density at radius 1 is 1.43 bits per heavy atom. The first-order chi connectivity index (χ1) is 10.7. The molecule has 2 amide bonds. The van der Waals surface area contributed by atoms with E-state index in [1.165, 1.54) is 21.2 Å². The molecule has 1 aromatic rings. The molecule has 0 atom stereocenters. The van der Waals surface area contributed by atoms with Gasteiger partial charge in [-0.2, -0.15) is 18.3 Å². The van der Waals surface area contributed by atoms with Crippen LogP contribution in [-0.4, -0.2) is 60.3 Å². The summed E-state index contributed by atoms with van der Waals surface area (Å²) in [6, 6.07) is 0. The second kappa shape index (κ2) is 7.95. The number of aryl methyl sites for hydroxylation is 1. The van der Waals surface area contributed by atoms with Crippen molar-refractivity contribution in [2.75, 3.05) is 33.9 Å². The summed E-state index contributed by atoms with van der Waals surface area (Å²) in [4.78, 5) is 24.7. The van der Waals surface area contributed by atoms with E-state index in [-0.39, 0.29) is 6.54 Å². The fraction of sp³-hybridized carbons (Fsp3) is 0.615. The number of rotatable bonds is 7. The van der Waals surface area contributed by atoms with Crippen molar-refractivity contribution in [3.05, 3.63) is 17.5 Å². The van der Waals surface area contributed by atoms with Gasteiger partial charge in [-0.05, 0) is 6.42 Å². The van der Waals surface area contributed by atoms with Crippen LogP contribution in [0.25, 0.3) is 0 Å². The van der Waals surface area contributed by atoms with E-state index in [1.54, 1.807) is 0 Å². The molecule has 23 heavy (non-hydrogen) atoms. The molecule has 0 fully saturated rings. The highest BCUT2D eigenvalue weighted by Crippen LogP contribution is 2.30. The van der Waals surface area contributed by atoms with Gasteiger partial charge in [-0.1, -0.05) is 0 Å². The van der Waals surface area contributed by atoms with Crippen molar-refractivity contribution >= 4 is 11.8 Å². The Morgan fingerprint density at radius 2 is 2.09 bits per heavy atom. The Bertz CT molecular complexity index is 557. The number of amides is 2. The van der Waals surface area contributed by atoms with Gasteiger partial charge in [-0.3, -0.25) is 14.3 Å². The second-order valence-electron chi connectivity index (χ2n) is 4.92. The molecule has 7 nitrogen and oxygen atoms in total. The SMILES string of the molecule is COCCCNC(=O)CN(C)C(=O)c1cn(C)nc1C(F)(F)F. The molecule has 0 aliphatic carbocycles. The fourth-order valence-corrected chi connectivity index (χ4v) is 1.85. The number of carbonyl (C=O) groups is 2. The van der Waals surface area contributed by atoms with Crippen LogP contribution in [0.1, 0.15) is 22.5 Å². The fourth-order valence-electron chi connectivity index (χ4n) is 1.85. The summed E-state index contributed by atoms with van der Waals surface area (Å²) < 4.78 is 44.3. The summed E-state index contributed by atoms with van der Waals surface area (Å²) in [6.45, 7) is 0.479. The third-order valence-corrected chi connectivity index (χ3v) is 2.90. The predicted octanol–water partition coefficient (Wildman–Crippen LogP) is 0.664. The molecule has 1 rings (SSSR count). The first-order valence-electron chi connectivity index (χ1n) is 6.78. The molecular weight excluding hydrogens is 317 g/mol. The zero-order chi connectivity index (χ0) is 17.6. The van der Waals surface area contributed by atoms with Crippen LogP contribution in [-0.2, 0) is 22.8 Å². The van der Waals surface area contributed by atoms with Gasteiger partial charge in [0.25, 0.3) is 5.91 Å². The number of alkyl halides is 3. The third kappa shape index (κ3) is 5.55. The van der Waals surface area contributed by atoms with Gasteiger partial charge in [-0.15, -0.1) is 0 Å². The molecule has 0 unspecified atom stereocenters. The first-order valence-corrected chi connectivity index (χ1v) is 6.78. The highest BCUT2D eigenvalue weighted by molar-refractivity contribution is 5.97. The van der Waals surface area contributed by atoms with Gasteiger partial charge in [0.2, 0.25) is 5.91 Å². The van der Waals surface area contributed by atoms with E-state index in [2.05, 4.69) is 10.4 Å². The van der Waals surface area contributed by atoms with Gasteiger partial charge in [-0.25, -0.2) is 0 Å². The summed E-state index contributed by atoms with van der Waals surface area (Å²) >= 11 is 0. The van der Waals surface area contributed by atoms with Crippen molar-refractivity contribution in [3.8, 4) is 0 Å². The monoisotopic (exact) mass is 336 g/mol. The number of aromatic nitrogens is 2. The summed E-state index contributed by atoms with van der Waals surface area (Å²) in [5, 5.41) is 5.81. The molecule has 0 aromatic carbocycles. The van der Waals surface area contributed by atoms with Gasteiger partial charge in [0, 0.05) is 40.6 Å². The maximum atomic E-state index is 12.8. The lowest BCUT2D eigenvalue weighted by Gasteiger charge is -2.17. The van der Waals surface area contributed by atoms with E-state index in [1.807, 2.05) is 0 Å². The van der Waals surface area contributed by atoms with Crippen molar-refractivity contribution in [1.82, 2.24) is 20.0 Å². The number of nitrogens with zero attached hydrogens (tertiary/aromatic N) is 3. The van der Waals surface area contributed by atoms with Crippen LogP contribution >= 0.6 is 0 Å². The summed E-state index contributed by atoms with van der Waals surface area (Å²) in [7, 11) is 4.07. The lowest BCUT2D eigenvalue weighted by molar-refractivity contribution is -0.141. The maximum Gasteiger partial charge on any atom is 0.435 e. The van der Waals surface area contributed by atoms with Crippen LogP contribution in [0.5, 0.6) is 0 Å². The van der Waals surface area contributed by atoms with E-state index in [9.17, 15) is 22.8 Å². The van der Waals surface area contributed by atoms with Gasteiger partial charge in [0.05, 0.1) is 12.1 Å². The highest BCUT2D eigenvalue weighted by Gasteiger charge is 2.39. The van der Waals surface area contributed by atoms with Crippen molar-refractivity contribution in [1.29, 1.82) is 0 Å². The molecular formula is C13H19F3N4O3. The van der Waals surface area contributed by atoms with Crippen LogP contribution in [0.15, 0.2) is 6.20 Å². The Morgan fingerprint density at radius 3 is 2.65 bits per heavy atom. The molecule has 0 saturated heterocycles. The smallest absolute Gasteiger partial charge is 0.385 e. The van der Waals surface area contributed by atoms with Crippen LogP contribution in [0.4, 0.5) is 13.2 Å². The predicted molar refractivity (Wildman–Crippen MR) is 74.7 cm³/mol. The van der Waals surface area contributed by atoms with Crippen LogP contribution in [0, 0.1) is 0 Å². The Labute approximate surface area is 131 Å². The van der Waals surface area contributed by atoms with Gasteiger partial charge in [0.1, 0.15) is 0 Å². The van der Waals surface area contributed by atoms with E-state index in [0.29, 0.717) is 19.6 Å². The van der Waals surface area contributed by atoms with E-state index >= 15 is 0 Å². The number of methoxy groups -OCH3 is 1. The molecule has 0 spiro atoms. The van der Waals surface area contributed by atoms with Crippen molar-refractivity contribution in [2.45, 2.75) is 12.6 Å². The minimum absolute atomic E-state index is 0.349. The standard InChI is InChI=1S/C13H19F3N4O3/c1-19(8-10(21)17-5-4-6-23-3)12(22)9-7-20(2)18-11(9)13(14,15)16/h7H,4-6,8H2,1-3H3,(H,17,21). The average Bonchev–Trinajstić information content (AvgIpc) is 2.85. The summed E-state index contributed by atoms with van der Waals surface area (Å²) in [5.74, 6) is -1.38. The number of halogens is 3. The Balaban J connectivity index is 2.69. The summed E-state index contributed by atoms with van der Waals surface area (Å²) in [6.07, 6.45) is -3.16. The molecule has 1 N–H and O–H groups in total. The number of nitrogens with one attached hydrogen (secondary N) is 1. The number of carbonyl (C=O) groups excluding carboxylic acids is 2. The zero-order valence-electron chi connectivity index (χ0n) is 13.1. The zero-order valence-corrected chi connectivity index (χ0v) is 13.1. The van der Waals surface area contributed by atoms with Crippen LogP contribution in [0.3, 0.4) is 0 Å². The van der Waals surface area contributed by atoms with Gasteiger partial charge < -0.3 is 15.0 Å². The normalized spacial score (nSPS) is 11.4. The minimum atomic E-state index is -4.74. The molecule has 130 valence electrons. The molecule has 0 aliphatic rings. The quantitative estimate of drug-likeness (QED) is 0.743. The molecule has 0 bridgehead atoms.